The molecule has 0 spiro atoms. The van der Waals surface area contributed by atoms with Gasteiger partial charge in [-0.25, -0.2) is 9.82 Å². The van der Waals surface area contributed by atoms with Crippen LogP contribution in [0.1, 0.15) is 5.56 Å². The number of ether oxygens (including phenoxy) is 2. The monoisotopic (exact) mass is 364 g/mol. The Bertz CT molecular complexity index is 895. The van der Waals surface area contributed by atoms with Gasteiger partial charge in [-0.2, -0.15) is 5.10 Å². The van der Waals surface area contributed by atoms with Crippen LogP contribution in [0.2, 0.25) is 0 Å². The van der Waals surface area contributed by atoms with Crippen LogP contribution >= 0.6 is 0 Å². The van der Waals surface area contributed by atoms with Crippen molar-refractivity contribution in [2.45, 2.75) is 0 Å². The summed E-state index contributed by atoms with van der Waals surface area (Å²) >= 11 is 0. The summed E-state index contributed by atoms with van der Waals surface area (Å²) in [5, 5.41) is 3.88. The van der Waals surface area contributed by atoms with Crippen molar-refractivity contribution in [3.63, 3.8) is 0 Å². The zero-order valence-electron chi connectivity index (χ0n) is 14.3. The van der Waals surface area contributed by atoms with Crippen LogP contribution in [0.5, 0.6) is 17.2 Å². The lowest BCUT2D eigenvalue weighted by atomic mass is 10.2. The number of nitrogens with one attached hydrogen (secondary N) is 1. The van der Waals surface area contributed by atoms with Gasteiger partial charge in [0.1, 0.15) is 23.1 Å². The Labute approximate surface area is 156 Å². The number of halogens is 1. The van der Waals surface area contributed by atoms with Crippen LogP contribution in [0.4, 0.5) is 4.39 Å². The van der Waals surface area contributed by atoms with Crippen LogP contribution < -0.4 is 14.9 Å². The summed E-state index contributed by atoms with van der Waals surface area (Å²) in [5.41, 5.74) is 3.17. The van der Waals surface area contributed by atoms with E-state index in [0.717, 1.165) is 11.3 Å². The van der Waals surface area contributed by atoms with E-state index in [4.69, 9.17) is 9.47 Å². The van der Waals surface area contributed by atoms with E-state index in [-0.39, 0.29) is 12.4 Å². The summed E-state index contributed by atoms with van der Waals surface area (Å²) in [4.78, 5) is 11.7. The van der Waals surface area contributed by atoms with Gasteiger partial charge in [0, 0.05) is 0 Å². The lowest BCUT2D eigenvalue weighted by molar-refractivity contribution is -0.123. The van der Waals surface area contributed by atoms with Gasteiger partial charge in [-0.05, 0) is 66.2 Å². The number of carbonyl (C=O) groups is 1. The lowest BCUT2D eigenvalue weighted by Gasteiger charge is -2.05. The van der Waals surface area contributed by atoms with Crippen LogP contribution in [0.15, 0.2) is 84.0 Å². The molecule has 5 nitrogen and oxygen atoms in total. The fourth-order valence-electron chi connectivity index (χ4n) is 2.14. The number of rotatable bonds is 7. The molecule has 136 valence electrons. The van der Waals surface area contributed by atoms with Crippen LogP contribution in [-0.4, -0.2) is 18.7 Å². The number of benzene rings is 3. The standard InChI is InChI=1S/C21H17FN2O3/c22-17-8-12-18(13-9-17)26-15-21(25)24-23-14-16-6-10-20(11-7-16)27-19-4-2-1-3-5-19/h1-14H,15H2,(H,24,25)/b23-14+. The molecule has 1 amide bonds. The van der Waals surface area contributed by atoms with Crippen LogP contribution in [0.25, 0.3) is 0 Å². The van der Waals surface area contributed by atoms with Gasteiger partial charge in [0.25, 0.3) is 5.91 Å². The van der Waals surface area contributed by atoms with Gasteiger partial charge in [-0.1, -0.05) is 18.2 Å². The van der Waals surface area contributed by atoms with E-state index in [9.17, 15) is 9.18 Å². The maximum absolute atomic E-state index is 12.8. The van der Waals surface area contributed by atoms with E-state index in [1.54, 1.807) is 0 Å². The zero-order valence-corrected chi connectivity index (χ0v) is 14.3. The van der Waals surface area contributed by atoms with Crippen molar-refractivity contribution in [1.29, 1.82) is 0 Å². The van der Waals surface area contributed by atoms with Crippen LogP contribution in [-0.2, 0) is 4.79 Å². The summed E-state index contributed by atoms with van der Waals surface area (Å²) < 4.78 is 23.7. The molecule has 0 saturated carbocycles. The predicted molar refractivity (Wildman–Crippen MR) is 101 cm³/mol. The maximum Gasteiger partial charge on any atom is 0.277 e. The number of hydrogen-bond donors (Lipinski definition) is 1. The molecule has 1 N–H and O–H groups in total. The van der Waals surface area contributed by atoms with Crippen molar-refractivity contribution >= 4 is 12.1 Å². The molecule has 6 heteroatoms. The highest BCUT2D eigenvalue weighted by atomic mass is 19.1. The van der Waals surface area contributed by atoms with E-state index in [2.05, 4.69) is 10.5 Å². The molecule has 0 heterocycles. The summed E-state index contributed by atoms with van der Waals surface area (Å²) in [6.45, 7) is -0.215. The summed E-state index contributed by atoms with van der Waals surface area (Å²) in [6.07, 6.45) is 1.52. The smallest absolute Gasteiger partial charge is 0.277 e. The largest absolute Gasteiger partial charge is 0.484 e. The molecule has 0 bridgehead atoms. The molecule has 0 saturated heterocycles. The quantitative estimate of drug-likeness (QED) is 0.506. The second-order valence-corrected chi connectivity index (χ2v) is 5.52. The topological polar surface area (TPSA) is 59.9 Å². The maximum atomic E-state index is 12.8. The van der Waals surface area contributed by atoms with Crippen LogP contribution in [0, 0.1) is 5.82 Å². The molecule has 0 aliphatic heterocycles. The number of carbonyl (C=O) groups excluding carboxylic acids is 1. The van der Waals surface area contributed by atoms with Gasteiger partial charge in [0.2, 0.25) is 0 Å². The fraction of sp³-hybridized carbons (Fsp3) is 0.0476. The molecular weight excluding hydrogens is 347 g/mol. The molecule has 0 aromatic heterocycles. The third kappa shape index (κ3) is 5.97. The Morgan fingerprint density at radius 1 is 0.889 bits per heavy atom. The fourth-order valence-corrected chi connectivity index (χ4v) is 2.14. The molecule has 3 rings (SSSR count). The molecular formula is C21H17FN2O3. The summed E-state index contributed by atoms with van der Waals surface area (Å²) in [7, 11) is 0. The molecule has 3 aromatic rings. The van der Waals surface area contributed by atoms with E-state index in [1.807, 2.05) is 54.6 Å². The van der Waals surface area contributed by atoms with E-state index in [1.165, 1.54) is 30.5 Å². The lowest BCUT2D eigenvalue weighted by Crippen LogP contribution is -2.24. The Kier molecular flexibility index (Phi) is 6.14. The first-order valence-electron chi connectivity index (χ1n) is 8.22. The normalized spacial score (nSPS) is 10.6. The molecule has 0 aliphatic rings. The molecule has 0 atom stereocenters. The van der Waals surface area contributed by atoms with Crippen molar-refractivity contribution in [1.82, 2.24) is 5.43 Å². The van der Waals surface area contributed by atoms with Crippen molar-refractivity contribution in [2.75, 3.05) is 6.61 Å². The Balaban J connectivity index is 1.44. The SMILES string of the molecule is O=C(COc1ccc(F)cc1)N/N=C/c1ccc(Oc2ccccc2)cc1. The van der Waals surface area contributed by atoms with Crippen molar-refractivity contribution in [3.05, 3.63) is 90.2 Å². The first-order chi connectivity index (χ1) is 13.2. The molecule has 27 heavy (non-hydrogen) atoms. The molecule has 0 unspecified atom stereocenters. The van der Waals surface area contributed by atoms with Gasteiger partial charge in [-0.15, -0.1) is 0 Å². The van der Waals surface area contributed by atoms with Gasteiger partial charge in [0.05, 0.1) is 6.21 Å². The molecule has 0 radical (unpaired) electrons. The number of hydrogen-bond acceptors (Lipinski definition) is 4. The number of hydrazone groups is 1. The summed E-state index contributed by atoms with van der Waals surface area (Å²) in [6, 6.07) is 22.2. The predicted octanol–water partition coefficient (Wildman–Crippen LogP) is 4.15. The van der Waals surface area contributed by atoms with Crippen LogP contribution in [0.3, 0.4) is 0 Å². The average Bonchev–Trinajstić information content (AvgIpc) is 2.70. The van der Waals surface area contributed by atoms with Crippen molar-refractivity contribution in [2.24, 2.45) is 5.10 Å². The second kappa shape index (κ2) is 9.15. The third-order valence-electron chi connectivity index (χ3n) is 3.45. The van der Waals surface area contributed by atoms with E-state index < -0.39 is 5.91 Å². The number of para-hydroxylation sites is 1. The second-order valence-electron chi connectivity index (χ2n) is 5.52. The van der Waals surface area contributed by atoms with Gasteiger partial charge < -0.3 is 9.47 Å². The first kappa shape index (κ1) is 18.1. The van der Waals surface area contributed by atoms with Gasteiger partial charge >= 0.3 is 0 Å². The van der Waals surface area contributed by atoms with Gasteiger partial charge in [-0.3, -0.25) is 4.79 Å². The summed E-state index contributed by atoms with van der Waals surface area (Å²) in [5.74, 6) is 1.09. The van der Waals surface area contributed by atoms with Crippen molar-refractivity contribution < 1.29 is 18.7 Å². The van der Waals surface area contributed by atoms with Crippen molar-refractivity contribution in [3.8, 4) is 17.2 Å². The highest BCUT2D eigenvalue weighted by Crippen LogP contribution is 2.20. The Morgan fingerprint density at radius 2 is 1.52 bits per heavy atom. The minimum atomic E-state index is -0.417. The van der Waals surface area contributed by atoms with E-state index >= 15 is 0 Å². The minimum absolute atomic E-state index is 0.215. The Morgan fingerprint density at radius 3 is 2.22 bits per heavy atom. The minimum Gasteiger partial charge on any atom is -0.484 e. The Hall–Kier alpha value is -3.67. The third-order valence-corrected chi connectivity index (χ3v) is 3.45. The highest BCUT2D eigenvalue weighted by molar-refractivity contribution is 5.83. The van der Waals surface area contributed by atoms with E-state index in [0.29, 0.717) is 11.5 Å². The molecule has 3 aromatic carbocycles. The highest BCUT2D eigenvalue weighted by Gasteiger charge is 2.02. The number of amides is 1. The molecule has 0 aliphatic carbocycles. The average molecular weight is 364 g/mol. The zero-order chi connectivity index (χ0) is 18.9. The number of nitrogens with zero attached hydrogens (tertiary/aromatic N) is 1. The van der Waals surface area contributed by atoms with Gasteiger partial charge in [0.15, 0.2) is 6.61 Å². The molecule has 0 fully saturated rings. The first-order valence-corrected chi connectivity index (χ1v) is 8.22.